The minimum absolute atomic E-state index is 0.168. The summed E-state index contributed by atoms with van der Waals surface area (Å²) in [4.78, 5) is 45.5. The van der Waals surface area contributed by atoms with E-state index in [1.807, 2.05) is 0 Å². The summed E-state index contributed by atoms with van der Waals surface area (Å²) < 4.78 is 32.4. The number of unbranched alkanes of at least 4 members (excludes halogenated alkanes) is 22. The lowest BCUT2D eigenvalue weighted by Gasteiger charge is -2.20. The molecule has 0 saturated carbocycles. The van der Waals surface area contributed by atoms with Gasteiger partial charge in [0.2, 0.25) is 0 Å². The van der Waals surface area contributed by atoms with Crippen molar-refractivity contribution in [1.82, 2.24) is 0 Å². The first-order chi connectivity index (χ1) is 23.1. The molecule has 4 N–H and O–H groups in total. The van der Waals surface area contributed by atoms with Crippen LogP contribution in [-0.4, -0.2) is 59.9 Å². The zero-order chi connectivity index (χ0) is 35.7. The fourth-order valence-electron chi connectivity index (χ4n) is 5.30. The Balaban J connectivity index is 4.30. The molecule has 284 valence electrons. The average molecular weight is 708 g/mol. The van der Waals surface area contributed by atoms with Crippen LogP contribution in [0.2, 0.25) is 0 Å². The fraction of sp³-hybridized carbons (Fsp3) is 0.917. The van der Waals surface area contributed by atoms with Gasteiger partial charge in [-0.1, -0.05) is 155 Å². The van der Waals surface area contributed by atoms with Crippen LogP contribution in [0.5, 0.6) is 0 Å². The molecule has 0 aromatic heterocycles. The van der Waals surface area contributed by atoms with Gasteiger partial charge in [-0.2, -0.15) is 0 Å². The summed E-state index contributed by atoms with van der Waals surface area (Å²) in [6, 6.07) is -1.51. The Kier molecular flexibility index (Phi) is 31.6. The Hall–Kier alpha value is -1.52. The number of aliphatic carboxylic acids is 1. The standard InChI is InChI=1S/C36H70NO10P/c1-3-5-7-9-11-12-13-14-15-16-17-18-19-20-22-24-26-28-35(39)47-32(30-45-48(42,43)46-31-33(37)36(40)41)29-44-34(38)27-25-23-21-10-8-6-4-2/h32-33H,3-31,37H2,1-2H3,(H,40,41)(H,42,43). The molecule has 0 aliphatic heterocycles. The van der Waals surface area contributed by atoms with Gasteiger partial charge in [-0.25, -0.2) is 4.57 Å². The minimum atomic E-state index is -4.70. The first-order valence-corrected chi connectivity index (χ1v) is 20.6. The quantitative estimate of drug-likeness (QED) is 0.0322. The number of carboxylic acid groups (broad SMARTS) is 1. The number of nitrogens with two attached hydrogens (primary N) is 1. The Morgan fingerprint density at radius 2 is 0.917 bits per heavy atom. The van der Waals surface area contributed by atoms with E-state index < -0.39 is 51.1 Å². The van der Waals surface area contributed by atoms with Gasteiger partial charge in [-0.05, 0) is 12.8 Å². The van der Waals surface area contributed by atoms with Crippen LogP contribution in [-0.2, 0) is 37.5 Å². The van der Waals surface area contributed by atoms with Crippen molar-refractivity contribution in [2.24, 2.45) is 5.73 Å². The normalized spacial score (nSPS) is 13.9. The number of rotatable bonds is 36. The largest absolute Gasteiger partial charge is 0.480 e. The first kappa shape index (κ1) is 46.5. The van der Waals surface area contributed by atoms with Gasteiger partial charge in [0.05, 0.1) is 13.2 Å². The van der Waals surface area contributed by atoms with Gasteiger partial charge in [0.15, 0.2) is 6.10 Å². The molecule has 0 bridgehead atoms. The third-order valence-electron chi connectivity index (χ3n) is 8.36. The van der Waals surface area contributed by atoms with Crippen molar-refractivity contribution < 1.29 is 47.5 Å². The maximum Gasteiger partial charge on any atom is 0.472 e. The lowest BCUT2D eigenvalue weighted by atomic mass is 10.0. The average Bonchev–Trinajstić information content (AvgIpc) is 3.05. The van der Waals surface area contributed by atoms with Crippen molar-refractivity contribution in [2.45, 2.75) is 193 Å². The van der Waals surface area contributed by atoms with Crippen LogP contribution in [0.3, 0.4) is 0 Å². The summed E-state index contributed by atoms with van der Waals surface area (Å²) >= 11 is 0. The second-order valence-corrected chi connectivity index (χ2v) is 14.5. The highest BCUT2D eigenvalue weighted by molar-refractivity contribution is 7.47. The zero-order valence-corrected chi connectivity index (χ0v) is 31.2. The molecule has 48 heavy (non-hydrogen) atoms. The third kappa shape index (κ3) is 31.7. The number of hydrogen-bond donors (Lipinski definition) is 3. The lowest BCUT2D eigenvalue weighted by molar-refractivity contribution is -0.161. The first-order valence-electron chi connectivity index (χ1n) is 19.1. The van der Waals surface area contributed by atoms with Crippen LogP contribution < -0.4 is 5.73 Å². The van der Waals surface area contributed by atoms with E-state index in [0.29, 0.717) is 12.8 Å². The molecule has 3 unspecified atom stereocenters. The van der Waals surface area contributed by atoms with E-state index in [1.54, 1.807) is 0 Å². The van der Waals surface area contributed by atoms with Crippen LogP contribution in [0.1, 0.15) is 181 Å². The Bertz CT molecular complexity index is 844. The molecular formula is C36H70NO10P. The lowest BCUT2D eigenvalue weighted by Crippen LogP contribution is -2.34. The van der Waals surface area contributed by atoms with Gasteiger partial charge in [0.25, 0.3) is 0 Å². The van der Waals surface area contributed by atoms with Crippen molar-refractivity contribution in [3.05, 3.63) is 0 Å². The molecule has 0 radical (unpaired) electrons. The van der Waals surface area contributed by atoms with Crippen molar-refractivity contribution in [3.63, 3.8) is 0 Å². The van der Waals surface area contributed by atoms with Gasteiger partial charge >= 0.3 is 25.7 Å². The monoisotopic (exact) mass is 707 g/mol. The van der Waals surface area contributed by atoms with E-state index in [4.69, 9.17) is 24.8 Å². The minimum Gasteiger partial charge on any atom is -0.480 e. The van der Waals surface area contributed by atoms with Gasteiger partial charge in [0.1, 0.15) is 12.6 Å². The van der Waals surface area contributed by atoms with Crippen molar-refractivity contribution >= 4 is 25.7 Å². The maximum atomic E-state index is 12.5. The number of phosphoric ester groups is 1. The molecule has 0 heterocycles. The van der Waals surface area contributed by atoms with Crippen molar-refractivity contribution in [2.75, 3.05) is 19.8 Å². The number of hydrogen-bond acceptors (Lipinski definition) is 9. The van der Waals surface area contributed by atoms with Crippen molar-refractivity contribution in [1.29, 1.82) is 0 Å². The molecule has 0 aliphatic rings. The van der Waals surface area contributed by atoms with E-state index in [-0.39, 0.29) is 19.4 Å². The van der Waals surface area contributed by atoms with Crippen LogP contribution >= 0.6 is 7.82 Å². The second kappa shape index (κ2) is 32.7. The molecule has 0 amide bonds. The molecular weight excluding hydrogens is 637 g/mol. The van der Waals surface area contributed by atoms with E-state index in [9.17, 15) is 23.8 Å². The number of carbonyl (C=O) groups excluding carboxylic acids is 2. The van der Waals surface area contributed by atoms with Crippen LogP contribution in [0.4, 0.5) is 0 Å². The summed E-state index contributed by atoms with van der Waals surface area (Å²) in [5.74, 6) is -2.37. The summed E-state index contributed by atoms with van der Waals surface area (Å²) in [5, 5.41) is 8.84. The van der Waals surface area contributed by atoms with E-state index in [0.717, 1.165) is 38.5 Å². The van der Waals surface area contributed by atoms with Crippen LogP contribution in [0.15, 0.2) is 0 Å². The molecule has 0 aliphatic carbocycles. The molecule has 0 fully saturated rings. The molecule has 0 spiro atoms. The van der Waals surface area contributed by atoms with E-state index in [1.165, 1.54) is 103 Å². The Labute approximate surface area is 291 Å². The maximum absolute atomic E-state index is 12.5. The molecule has 0 saturated heterocycles. The summed E-state index contributed by atoms with van der Waals surface area (Å²) in [6.07, 6.45) is 27.7. The number of esters is 2. The van der Waals surface area contributed by atoms with E-state index in [2.05, 4.69) is 18.4 Å². The molecule has 12 heteroatoms. The zero-order valence-electron chi connectivity index (χ0n) is 30.3. The van der Waals surface area contributed by atoms with Crippen LogP contribution in [0, 0.1) is 0 Å². The van der Waals surface area contributed by atoms with Gasteiger partial charge in [-0.3, -0.25) is 23.4 Å². The molecule has 3 atom stereocenters. The predicted molar refractivity (Wildman–Crippen MR) is 190 cm³/mol. The molecule has 0 rings (SSSR count). The molecule has 0 aromatic carbocycles. The highest BCUT2D eigenvalue weighted by Gasteiger charge is 2.28. The van der Waals surface area contributed by atoms with Crippen LogP contribution in [0.25, 0.3) is 0 Å². The topological polar surface area (TPSA) is 172 Å². The van der Waals surface area contributed by atoms with Gasteiger partial charge < -0.3 is 25.2 Å². The summed E-state index contributed by atoms with van der Waals surface area (Å²) in [5.41, 5.74) is 5.30. The van der Waals surface area contributed by atoms with Crippen molar-refractivity contribution in [3.8, 4) is 0 Å². The van der Waals surface area contributed by atoms with E-state index >= 15 is 0 Å². The molecule has 0 aromatic rings. The fourth-order valence-corrected chi connectivity index (χ4v) is 6.08. The number of carbonyl (C=O) groups is 3. The third-order valence-corrected chi connectivity index (χ3v) is 9.31. The highest BCUT2D eigenvalue weighted by atomic mass is 31.2. The number of carboxylic acids is 1. The second-order valence-electron chi connectivity index (χ2n) is 13.1. The van der Waals surface area contributed by atoms with Gasteiger partial charge in [-0.15, -0.1) is 0 Å². The smallest absolute Gasteiger partial charge is 0.472 e. The Morgan fingerprint density at radius 1 is 0.562 bits per heavy atom. The summed E-state index contributed by atoms with van der Waals surface area (Å²) in [6.45, 7) is 2.75. The SMILES string of the molecule is CCCCCCCCCCCCCCCCCCCC(=O)OC(COC(=O)CCCCCCCCC)COP(=O)(O)OCC(N)C(=O)O. The summed E-state index contributed by atoms with van der Waals surface area (Å²) in [7, 11) is -4.70. The van der Waals surface area contributed by atoms with Gasteiger partial charge in [0, 0.05) is 12.8 Å². The molecule has 11 nitrogen and oxygen atoms in total. The number of ether oxygens (including phenoxy) is 2. The number of phosphoric acid groups is 1. The highest BCUT2D eigenvalue weighted by Crippen LogP contribution is 2.43. The predicted octanol–water partition coefficient (Wildman–Crippen LogP) is 9.17. The Morgan fingerprint density at radius 3 is 1.31 bits per heavy atom.